The first kappa shape index (κ1) is 22.2. The Balaban J connectivity index is 1.60. The molecule has 11 heteroatoms. The lowest BCUT2D eigenvalue weighted by Crippen LogP contribution is -2.31. The molecule has 1 amide bonds. The number of rotatable bonds is 5. The van der Waals surface area contributed by atoms with Gasteiger partial charge in [0.25, 0.3) is 11.6 Å². The number of carbonyl (C=O) groups excluding carboxylic acids is 1. The number of hydrogen-bond donors (Lipinski definition) is 2. The monoisotopic (exact) mass is 487 g/mol. The van der Waals surface area contributed by atoms with Crippen LogP contribution in [0.2, 0.25) is 5.02 Å². The Hall–Kier alpha value is -4.57. The van der Waals surface area contributed by atoms with E-state index in [2.05, 4.69) is 25.7 Å². The number of benzene rings is 2. The van der Waals surface area contributed by atoms with E-state index in [4.69, 9.17) is 11.6 Å². The second-order valence-corrected chi connectivity index (χ2v) is 8.26. The molecule has 1 aliphatic heterocycles. The molecule has 5 rings (SSSR count). The Morgan fingerprint density at radius 2 is 1.89 bits per heavy atom. The zero-order valence-corrected chi connectivity index (χ0v) is 19.1. The van der Waals surface area contributed by atoms with Gasteiger partial charge in [-0.25, -0.2) is 4.68 Å². The van der Waals surface area contributed by atoms with Crippen molar-refractivity contribution in [2.24, 2.45) is 0 Å². The fourth-order valence-corrected chi connectivity index (χ4v) is 4.01. The lowest BCUT2D eigenvalue weighted by atomic mass is 9.95. The first-order valence-electron chi connectivity index (χ1n) is 10.6. The molecule has 0 spiro atoms. The van der Waals surface area contributed by atoms with Crippen LogP contribution in [0.4, 0.5) is 17.3 Å². The van der Waals surface area contributed by atoms with Gasteiger partial charge in [-0.2, -0.15) is 4.98 Å². The summed E-state index contributed by atoms with van der Waals surface area (Å²) < 4.78 is 1.61. The molecule has 0 fully saturated rings. The molecule has 0 radical (unpaired) electrons. The Morgan fingerprint density at radius 1 is 1.14 bits per heavy atom. The Labute approximate surface area is 204 Å². The summed E-state index contributed by atoms with van der Waals surface area (Å²) in [6.45, 7) is 1.77. The van der Waals surface area contributed by atoms with E-state index in [1.54, 1.807) is 72.5 Å². The zero-order valence-electron chi connectivity index (χ0n) is 18.3. The Bertz CT molecular complexity index is 1450. The number of nitrogens with one attached hydrogen (secondary N) is 2. The average Bonchev–Trinajstić information content (AvgIpc) is 3.27. The lowest BCUT2D eigenvalue weighted by molar-refractivity contribution is -0.384. The van der Waals surface area contributed by atoms with E-state index in [1.807, 2.05) is 0 Å². The van der Waals surface area contributed by atoms with Crippen LogP contribution < -0.4 is 10.6 Å². The molecule has 1 aliphatic rings. The average molecular weight is 488 g/mol. The van der Waals surface area contributed by atoms with Crippen molar-refractivity contribution in [1.82, 2.24) is 19.7 Å². The van der Waals surface area contributed by atoms with Crippen molar-refractivity contribution in [3.05, 3.63) is 105 Å². The summed E-state index contributed by atoms with van der Waals surface area (Å²) in [5, 5.41) is 22.5. The van der Waals surface area contributed by atoms with Crippen LogP contribution in [0.1, 0.15) is 18.5 Å². The maximum absolute atomic E-state index is 13.4. The summed E-state index contributed by atoms with van der Waals surface area (Å²) in [6.07, 6.45) is 3.16. The number of hydrogen-bond acceptors (Lipinski definition) is 7. The minimum absolute atomic E-state index is 0.0505. The predicted molar refractivity (Wildman–Crippen MR) is 131 cm³/mol. The van der Waals surface area contributed by atoms with E-state index in [9.17, 15) is 14.9 Å². The van der Waals surface area contributed by atoms with Gasteiger partial charge in [0.05, 0.1) is 22.4 Å². The number of allylic oxidation sites excluding steroid dienone is 1. The van der Waals surface area contributed by atoms with Gasteiger partial charge in [-0.05, 0) is 61.0 Å². The molecule has 10 nitrogen and oxygen atoms in total. The van der Waals surface area contributed by atoms with Gasteiger partial charge >= 0.3 is 0 Å². The molecule has 35 heavy (non-hydrogen) atoms. The molecule has 1 atom stereocenters. The third-order valence-electron chi connectivity index (χ3n) is 5.54. The summed E-state index contributed by atoms with van der Waals surface area (Å²) in [6, 6.07) is 15.9. The minimum atomic E-state index is -0.683. The Kier molecular flexibility index (Phi) is 5.71. The summed E-state index contributed by atoms with van der Waals surface area (Å²) >= 11 is 6.02. The summed E-state index contributed by atoms with van der Waals surface area (Å²) in [5.41, 5.74) is 2.85. The number of anilines is 2. The maximum Gasteiger partial charge on any atom is 0.269 e. The summed E-state index contributed by atoms with van der Waals surface area (Å²) in [7, 11) is 0. The molecule has 2 aromatic heterocycles. The number of fused-ring (bicyclic) bond motifs is 1. The second-order valence-electron chi connectivity index (χ2n) is 7.82. The van der Waals surface area contributed by atoms with Crippen molar-refractivity contribution < 1.29 is 9.72 Å². The molecule has 0 aliphatic carbocycles. The molecule has 2 aromatic carbocycles. The number of halogens is 1. The van der Waals surface area contributed by atoms with Crippen molar-refractivity contribution >= 4 is 34.8 Å². The highest BCUT2D eigenvalue weighted by Gasteiger charge is 2.34. The molecule has 1 unspecified atom stereocenters. The fourth-order valence-electron chi connectivity index (χ4n) is 3.89. The molecular weight excluding hydrogens is 470 g/mol. The van der Waals surface area contributed by atoms with Crippen LogP contribution >= 0.6 is 11.6 Å². The summed E-state index contributed by atoms with van der Waals surface area (Å²) in [5.74, 6) is 0.520. The molecule has 2 N–H and O–H groups in total. The van der Waals surface area contributed by atoms with E-state index in [1.165, 1.54) is 12.1 Å². The van der Waals surface area contributed by atoms with Crippen molar-refractivity contribution in [2.45, 2.75) is 13.0 Å². The van der Waals surface area contributed by atoms with Gasteiger partial charge in [-0.15, -0.1) is 5.10 Å². The molecule has 174 valence electrons. The highest BCUT2D eigenvalue weighted by molar-refractivity contribution is 6.30. The van der Waals surface area contributed by atoms with E-state index in [0.29, 0.717) is 39.3 Å². The van der Waals surface area contributed by atoms with Gasteiger partial charge in [0.1, 0.15) is 6.04 Å². The molecule has 3 heterocycles. The van der Waals surface area contributed by atoms with Crippen molar-refractivity contribution in [3.63, 3.8) is 0 Å². The lowest BCUT2D eigenvalue weighted by Gasteiger charge is -2.28. The van der Waals surface area contributed by atoms with Gasteiger partial charge in [0.15, 0.2) is 5.82 Å². The number of aromatic nitrogens is 4. The quantitative estimate of drug-likeness (QED) is 0.305. The van der Waals surface area contributed by atoms with E-state index >= 15 is 0 Å². The third kappa shape index (κ3) is 4.34. The normalized spacial score (nSPS) is 14.7. The van der Waals surface area contributed by atoms with Crippen LogP contribution in [0.3, 0.4) is 0 Å². The second kappa shape index (κ2) is 8.99. The van der Waals surface area contributed by atoms with Crippen LogP contribution in [-0.2, 0) is 4.79 Å². The van der Waals surface area contributed by atoms with Crippen molar-refractivity contribution in [1.29, 1.82) is 0 Å². The zero-order chi connectivity index (χ0) is 24.5. The highest BCUT2D eigenvalue weighted by atomic mass is 35.5. The van der Waals surface area contributed by atoms with Gasteiger partial charge < -0.3 is 10.6 Å². The first-order valence-corrected chi connectivity index (χ1v) is 10.9. The number of pyridine rings is 1. The Morgan fingerprint density at radius 3 is 2.54 bits per heavy atom. The number of non-ortho nitro benzene ring substituents is 1. The van der Waals surface area contributed by atoms with Crippen LogP contribution in [-0.4, -0.2) is 30.6 Å². The molecule has 0 bridgehead atoms. The third-order valence-corrected chi connectivity index (χ3v) is 5.79. The number of nitro groups is 1. The van der Waals surface area contributed by atoms with E-state index in [0.717, 1.165) is 5.56 Å². The van der Waals surface area contributed by atoms with Gasteiger partial charge in [-0.3, -0.25) is 19.9 Å². The number of carbonyl (C=O) groups is 1. The van der Waals surface area contributed by atoms with Crippen LogP contribution in [0.15, 0.2) is 84.3 Å². The van der Waals surface area contributed by atoms with Crippen LogP contribution in [0, 0.1) is 10.1 Å². The summed E-state index contributed by atoms with van der Waals surface area (Å²) in [4.78, 5) is 32.8. The smallest absolute Gasteiger partial charge is 0.269 e. The predicted octanol–water partition coefficient (Wildman–Crippen LogP) is 4.83. The number of nitro benzene ring substituents is 1. The number of nitrogens with zero attached hydrogens (tertiary/aromatic N) is 5. The molecule has 0 saturated heterocycles. The maximum atomic E-state index is 13.4. The highest BCUT2D eigenvalue weighted by Crippen LogP contribution is 2.37. The number of amides is 1. The fraction of sp³-hybridized carbons (Fsp3) is 0.0833. The minimum Gasteiger partial charge on any atom is -0.328 e. The SMILES string of the molecule is CC1=C(C(=O)Nc2cccnc2)C(c2ccc([N+](=O)[O-])cc2)n2nc(-c3ccc(Cl)cc3)nc2N1. The van der Waals surface area contributed by atoms with E-state index in [-0.39, 0.29) is 11.6 Å². The van der Waals surface area contributed by atoms with Crippen molar-refractivity contribution in [3.8, 4) is 11.4 Å². The van der Waals surface area contributed by atoms with Crippen molar-refractivity contribution in [2.75, 3.05) is 10.6 Å². The molecule has 0 saturated carbocycles. The first-order chi connectivity index (χ1) is 16.9. The topological polar surface area (TPSA) is 128 Å². The largest absolute Gasteiger partial charge is 0.328 e. The van der Waals surface area contributed by atoms with E-state index < -0.39 is 11.0 Å². The van der Waals surface area contributed by atoms with Crippen LogP contribution in [0.25, 0.3) is 11.4 Å². The molecule has 4 aromatic rings. The van der Waals surface area contributed by atoms with Gasteiger partial charge in [0.2, 0.25) is 5.95 Å². The van der Waals surface area contributed by atoms with Gasteiger partial charge in [-0.1, -0.05) is 11.6 Å². The molecular formula is C24H18ClN7O3. The standard InChI is InChI=1S/C24H18ClN7O3/c1-14-20(23(33)28-18-3-2-12-26-13-18)21(15-6-10-19(11-7-15)32(34)35)31-24(27-14)29-22(30-31)16-4-8-17(25)9-5-16/h2-13,21H,1H3,(H,28,33)(H,27,29,30). The van der Waals surface area contributed by atoms with Gasteiger partial charge in [0, 0.05) is 34.6 Å². The van der Waals surface area contributed by atoms with Crippen LogP contribution in [0.5, 0.6) is 0 Å².